The Hall–Kier alpha value is -1.32. The first-order valence-electron chi connectivity index (χ1n) is 10.5. The van der Waals surface area contributed by atoms with Crippen LogP contribution in [0.25, 0.3) is 10.2 Å². The number of ether oxygens (including phenoxy) is 2. The van der Waals surface area contributed by atoms with Crippen LogP contribution in [-0.4, -0.2) is 66.1 Å². The van der Waals surface area contributed by atoms with E-state index in [0.29, 0.717) is 51.2 Å². The van der Waals surface area contributed by atoms with Crippen LogP contribution >= 0.6 is 11.3 Å². The normalized spacial score (nSPS) is 15.4. The molecule has 0 fully saturated rings. The number of aromatic amines is 1. The van der Waals surface area contributed by atoms with Crippen LogP contribution in [0.15, 0.2) is 4.79 Å². The number of aromatic nitrogens is 2. The lowest BCUT2D eigenvalue weighted by Gasteiger charge is -2.24. The number of nitrogens with one attached hydrogen (secondary N) is 1. The molecule has 2 N–H and O–H groups in total. The monoisotopic (exact) mass is 423 g/mol. The maximum Gasteiger partial charge on any atom is 0.259 e. The van der Waals surface area contributed by atoms with Gasteiger partial charge in [-0.05, 0) is 37.2 Å². The van der Waals surface area contributed by atoms with E-state index in [1.165, 1.54) is 16.9 Å². The van der Waals surface area contributed by atoms with Crippen LogP contribution in [0.5, 0.6) is 0 Å². The second kappa shape index (κ2) is 10.6. The van der Waals surface area contributed by atoms with E-state index in [4.69, 9.17) is 14.5 Å². The molecule has 2 aromatic heterocycles. The van der Waals surface area contributed by atoms with Gasteiger partial charge in [0.2, 0.25) is 0 Å². The minimum absolute atomic E-state index is 0.0445. The Balaban J connectivity index is 1.71. The van der Waals surface area contributed by atoms with Crippen molar-refractivity contribution in [2.24, 2.45) is 5.92 Å². The number of H-pyrrole nitrogens is 1. The molecule has 0 aliphatic heterocycles. The minimum Gasteiger partial charge on any atom is -0.389 e. The molecule has 0 spiro atoms. The van der Waals surface area contributed by atoms with E-state index >= 15 is 0 Å². The number of fused-ring (bicyclic) bond motifs is 3. The van der Waals surface area contributed by atoms with Gasteiger partial charge in [0.15, 0.2) is 0 Å². The van der Waals surface area contributed by atoms with Crippen LogP contribution in [0.4, 0.5) is 0 Å². The molecule has 1 aliphatic carbocycles. The number of hydrogen-bond donors (Lipinski definition) is 2. The van der Waals surface area contributed by atoms with Crippen LogP contribution < -0.4 is 5.56 Å². The minimum atomic E-state index is -0.602. The van der Waals surface area contributed by atoms with Gasteiger partial charge in [-0.25, -0.2) is 4.98 Å². The molecule has 0 saturated heterocycles. The molecule has 2 heterocycles. The fourth-order valence-corrected chi connectivity index (χ4v) is 5.02. The molecule has 3 rings (SSSR count). The third kappa shape index (κ3) is 6.08. The summed E-state index contributed by atoms with van der Waals surface area (Å²) in [6, 6.07) is 0. The zero-order valence-electron chi connectivity index (χ0n) is 17.7. The maximum atomic E-state index is 12.8. The van der Waals surface area contributed by atoms with Crippen molar-refractivity contribution in [2.45, 2.75) is 52.2 Å². The van der Waals surface area contributed by atoms with Gasteiger partial charge in [-0.15, -0.1) is 11.3 Å². The molecule has 0 saturated carbocycles. The number of aliphatic hydroxyl groups is 1. The lowest BCUT2D eigenvalue weighted by Crippen LogP contribution is -2.37. The summed E-state index contributed by atoms with van der Waals surface area (Å²) in [5.41, 5.74) is 1.16. The van der Waals surface area contributed by atoms with Crippen molar-refractivity contribution in [3.8, 4) is 0 Å². The maximum absolute atomic E-state index is 12.8. The Kier molecular flexibility index (Phi) is 8.20. The van der Waals surface area contributed by atoms with Crippen LogP contribution in [0.3, 0.4) is 0 Å². The fourth-order valence-electron chi connectivity index (χ4n) is 3.74. The Morgan fingerprint density at radius 1 is 1.28 bits per heavy atom. The smallest absolute Gasteiger partial charge is 0.259 e. The van der Waals surface area contributed by atoms with E-state index in [1.54, 1.807) is 18.4 Å². The third-order valence-corrected chi connectivity index (χ3v) is 6.28. The van der Waals surface area contributed by atoms with Crippen LogP contribution in [0.2, 0.25) is 0 Å². The molecule has 1 unspecified atom stereocenters. The summed E-state index contributed by atoms with van der Waals surface area (Å²) in [4.78, 5) is 24.7. The molecule has 0 bridgehead atoms. The van der Waals surface area contributed by atoms with E-state index in [0.717, 1.165) is 29.5 Å². The molecule has 0 aromatic carbocycles. The van der Waals surface area contributed by atoms with Crippen molar-refractivity contribution >= 4 is 21.6 Å². The van der Waals surface area contributed by atoms with Gasteiger partial charge in [0, 0.05) is 31.7 Å². The summed E-state index contributed by atoms with van der Waals surface area (Å²) < 4.78 is 10.8. The average molecular weight is 424 g/mol. The number of nitrogens with zero attached hydrogens (tertiary/aromatic N) is 2. The topological polar surface area (TPSA) is 87.7 Å². The van der Waals surface area contributed by atoms with Gasteiger partial charge in [-0.3, -0.25) is 9.69 Å². The number of aliphatic hydroxyl groups excluding tert-OH is 1. The molecule has 7 nitrogen and oxygen atoms in total. The summed E-state index contributed by atoms with van der Waals surface area (Å²) in [6.07, 6.45) is 3.75. The largest absolute Gasteiger partial charge is 0.389 e. The van der Waals surface area contributed by atoms with Crippen molar-refractivity contribution < 1.29 is 14.6 Å². The van der Waals surface area contributed by atoms with Gasteiger partial charge in [0.25, 0.3) is 5.56 Å². The molecular formula is C21H33N3O4S. The van der Waals surface area contributed by atoms with Gasteiger partial charge in [-0.2, -0.15) is 0 Å². The van der Waals surface area contributed by atoms with E-state index < -0.39 is 6.10 Å². The zero-order chi connectivity index (χ0) is 20.8. The number of rotatable bonds is 11. The second-order valence-electron chi connectivity index (χ2n) is 8.22. The Morgan fingerprint density at radius 2 is 2.07 bits per heavy atom. The molecule has 0 amide bonds. The first kappa shape index (κ1) is 22.4. The average Bonchev–Trinajstić information content (AvgIpc) is 3.04. The Bertz CT molecular complexity index is 848. The second-order valence-corrected chi connectivity index (χ2v) is 9.30. The standard InChI is InChI=1S/C21H33N3O4S/c1-14(2)12-28-13-15(25)10-24(8-9-27-3)11-18-22-20(26)19-16-6-4-5-7-17(16)29-21(19)23-18/h14-15,25H,4-13H2,1-3H3,(H,22,23,26). The third-order valence-electron chi connectivity index (χ3n) is 5.09. The highest BCUT2D eigenvalue weighted by molar-refractivity contribution is 7.18. The zero-order valence-corrected chi connectivity index (χ0v) is 18.5. The number of aryl methyl sites for hydroxylation is 2. The summed E-state index contributed by atoms with van der Waals surface area (Å²) >= 11 is 1.66. The summed E-state index contributed by atoms with van der Waals surface area (Å²) in [5, 5.41) is 11.1. The van der Waals surface area contributed by atoms with Gasteiger partial charge >= 0.3 is 0 Å². The van der Waals surface area contributed by atoms with Gasteiger partial charge in [0.1, 0.15) is 10.7 Å². The molecule has 0 radical (unpaired) electrons. The van der Waals surface area contributed by atoms with Gasteiger partial charge < -0.3 is 19.6 Å². The Morgan fingerprint density at radius 3 is 2.83 bits per heavy atom. The number of hydrogen-bond acceptors (Lipinski definition) is 7. The van der Waals surface area contributed by atoms with Gasteiger partial charge in [-0.1, -0.05) is 13.8 Å². The molecule has 1 atom stereocenters. The van der Waals surface area contributed by atoms with E-state index in [9.17, 15) is 9.90 Å². The molecule has 162 valence electrons. The highest BCUT2D eigenvalue weighted by atomic mass is 32.1. The van der Waals surface area contributed by atoms with Crippen molar-refractivity contribution in [1.82, 2.24) is 14.9 Å². The quantitative estimate of drug-likeness (QED) is 0.577. The van der Waals surface area contributed by atoms with Crippen molar-refractivity contribution in [1.29, 1.82) is 0 Å². The molecular weight excluding hydrogens is 390 g/mol. The molecule has 2 aromatic rings. The van der Waals surface area contributed by atoms with Crippen LogP contribution in [0, 0.1) is 5.92 Å². The molecule has 1 aliphatic rings. The Labute approximate surface area is 176 Å². The first-order chi connectivity index (χ1) is 14.0. The number of methoxy groups -OCH3 is 1. The van der Waals surface area contributed by atoms with E-state index in [1.807, 2.05) is 4.90 Å². The number of thiophene rings is 1. The van der Waals surface area contributed by atoms with Crippen LogP contribution in [0.1, 0.15) is 43.0 Å². The fraction of sp³-hybridized carbons (Fsp3) is 0.714. The lowest BCUT2D eigenvalue weighted by atomic mass is 9.97. The van der Waals surface area contributed by atoms with Crippen molar-refractivity contribution in [2.75, 3.05) is 40.0 Å². The predicted octanol–water partition coefficient (Wildman–Crippen LogP) is 2.35. The van der Waals surface area contributed by atoms with Crippen LogP contribution in [-0.2, 0) is 28.9 Å². The highest BCUT2D eigenvalue weighted by Crippen LogP contribution is 2.33. The van der Waals surface area contributed by atoms with E-state index in [-0.39, 0.29) is 5.56 Å². The van der Waals surface area contributed by atoms with Crippen molar-refractivity contribution in [3.05, 3.63) is 26.6 Å². The summed E-state index contributed by atoms with van der Waals surface area (Å²) in [7, 11) is 1.66. The van der Waals surface area contributed by atoms with E-state index in [2.05, 4.69) is 18.8 Å². The summed E-state index contributed by atoms with van der Waals surface area (Å²) in [6.45, 7) is 7.16. The van der Waals surface area contributed by atoms with Gasteiger partial charge in [0.05, 0.1) is 31.2 Å². The lowest BCUT2D eigenvalue weighted by molar-refractivity contribution is 0.00296. The first-order valence-corrected chi connectivity index (χ1v) is 11.3. The van der Waals surface area contributed by atoms with Crippen molar-refractivity contribution in [3.63, 3.8) is 0 Å². The summed E-state index contributed by atoms with van der Waals surface area (Å²) in [5.74, 6) is 1.07. The molecule has 29 heavy (non-hydrogen) atoms. The SMILES string of the molecule is COCCN(Cc1nc2sc3c(c2c(=O)[nH]1)CCCC3)CC(O)COCC(C)C. The highest BCUT2D eigenvalue weighted by Gasteiger charge is 2.21. The predicted molar refractivity (Wildman–Crippen MR) is 116 cm³/mol. The molecule has 8 heteroatoms.